The Morgan fingerprint density at radius 1 is 0.857 bits per heavy atom. The van der Waals surface area contributed by atoms with E-state index in [0.29, 0.717) is 5.92 Å². The van der Waals surface area contributed by atoms with Crippen LogP contribution in [0.3, 0.4) is 0 Å². The first-order chi connectivity index (χ1) is 6.49. The summed E-state index contributed by atoms with van der Waals surface area (Å²) in [6.45, 7) is 12.5. The zero-order valence-corrected chi connectivity index (χ0v) is 10.8. The van der Waals surface area contributed by atoms with E-state index in [1.165, 1.54) is 12.8 Å². The second kappa shape index (κ2) is 7.28. The molecule has 0 radical (unpaired) electrons. The molecule has 0 heterocycles. The lowest BCUT2D eigenvalue weighted by atomic mass is 9.81. The SMILES string of the molecule is COCC(C)CCC(C(C)C)C(C)C. The predicted molar refractivity (Wildman–Crippen MR) is 63.4 cm³/mol. The summed E-state index contributed by atoms with van der Waals surface area (Å²) >= 11 is 0. The van der Waals surface area contributed by atoms with Crippen LogP contribution in [0.5, 0.6) is 0 Å². The Labute approximate surface area is 90.2 Å². The van der Waals surface area contributed by atoms with Crippen molar-refractivity contribution >= 4 is 0 Å². The van der Waals surface area contributed by atoms with Crippen molar-refractivity contribution in [3.8, 4) is 0 Å². The molecule has 0 N–H and O–H groups in total. The molecule has 1 heteroatoms. The molecule has 1 atom stereocenters. The molecule has 0 aliphatic heterocycles. The molecule has 0 aliphatic rings. The van der Waals surface area contributed by atoms with E-state index in [9.17, 15) is 0 Å². The molecule has 0 amide bonds. The summed E-state index contributed by atoms with van der Waals surface area (Å²) in [5.74, 6) is 3.20. The minimum absolute atomic E-state index is 0.708. The Hall–Kier alpha value is -0.0400. The van der Waals surface area contributed by atoms with Gasteiger partial charge in [0, 0.05) is 13.7 Å². The number of hydrogen-bond acceptors (Lipinski definition) is 1. The second-order valence-corrected chi connectivity index (χ2v) is 5.29. The molecule has 14 heavy (non-hydrogen) atoms. The smallest absolute Gasteiger partial charge is 0.0487 e. The van der Waals surface area contributed by atoms with E-state index in [1.54, 1.807) is 7.11 Å². The number of hydrogen-bond donors (Lipinski definition) is 0. The molecule has 0 aromatic carbocycles. The Kier molecular flexibility index (Phi) is 7.26. The van der Waals surface area contributed by atoms with Crippen LogP contribution in [-0.4, -0.2) is 13.7 Å². The van der Waals surface area contributed by atoms with E-state index in [2.05, 4.69) is 34.6 Å². The molecular formula is C13H28O. The van der Waals surface area contributed by atoms with Gasteiger partial charge < -0.3 is 4.74 Å². The molecule has 1 nitrogen and oxygen atoms in total. The average molecular weight is 200 g/mol. The van der Waals surface area contributed by atoms with Crippen molar-refractivity contribution in [2.75, 3.05) is 13.7 Å². The summed E-state index contributed by atoms with van der Waals surface area (Å²) in [5.41, 5.74) is 0. The minimum Gasteiger partial charge on any atom is -0.384 e. The van der Waals surface area contributed by atoms with Gasteiger partial charge >= 0.3 is 0 Å². The molecular weight excluding hydrogens is 172 g/mol. The normalized spacial score (nSPS) is 14.4. The van der Waals surface area contributed by atoms with Gasteiger partial charge in [-0.15, -0.1) is 0 Å². The predicted octanol–water partition coefficient (Wildman–Crippen LogP) is 3.98. The summed E-state index contributed by atoms with van der Waals surface area (Å²) in [5, 5.41) is 0. The maximum Gasteiger partial charge on any atom is 0.0487 e. The summed E-state index contributed by atoms with van der Waals surface area (Å²) in [7, 11) is 1.79. The summed E-state index contributed by atoms with van der Waals surface area (Å²) in [6, 6.07) is 0. The third-order valence-electron chi connectivity index (χ3n) is 3.16. The Morgan fingerprint density at radius 2 is 1.36 bits per heavy atom. The fourth-order valence-corrected chi connectivity index (χ4v) is 2.28. The van der Waals surface area contributed by atoms with Gasteiger partial charge in [-0.2, -0.15) is 0 Å². The second-order valence-electron chi connectivity index (χ2n) is 5.29. The van der Waals surface area contributed by atoms with Crippen LogP contribution in [0.4, 0.5) is 0 Å². The highest BCUT2D eigenvalue weighted by molar-refractivity contribution is 4.68. The highest BCUT2D eigenvalue weighted by atomic mass is 16.5. The van der Waals surface area contributed by atoms with Crippen molar-refractivity contribution in [2.45, 2.75) is 47.5 Å². The summed E-state index contributed by atoms with van der Waals surface area (Å²) in [6.07, 6.45) is 2.65. The van der Waals surface area contributed by atoms with Gasteiger partial charge in [0.1, 0.15) is 0 Å². The van der Waals surface area contributed by atoms with Crippen LogP contribution in [-0.2, 0) is 4.74 Å². The average Bonchev–Trinajstić information content (AvgIpc) is 2.03. The van der Waals surface area contributed by atoms with Gasteiger partial charge in [-0.3, -0.25) is 0 Å². The van der Waals surface area contributed by atoms with Crippen molar-refractivity contribution in [2.24, 2.45) is 23.7 Å². The zero-order chi connectivity index (χ0) is 11.1. The molecule has 86 valence electrons. The lowest BCUT2D eigenvalue weighted by Gasteiger charge is -2.26. The monoisotopic (exact) mass is 200 g/mol. The molecule has 1 unspecified atom stereocenters. The standard InChI is InChI=1S/C13H28O/c1-10(2)13(11(3)4)8-7-12(5)9-14-6/h10-13H,7-9H2,1-6H3. The molecule has 0 fully saturated rings. The zero-order valence-electron chi connectivity index (χ0n) is 10.8. The number of rotatable bonds is 7. The molecule has 0 bridgehead atoms. The fraction of sp³-hybridized carbons (Fsp3) is 1.00. The summed E-state index contributed by atoms with van der Waals surface area (Å²) < 4.78 is 5.16. The van der Waals surface area contributed by atoms with Gasteiger partial charge in [0.2, 0.25) is 0 Å². The topological polar surface area (TPSA) is 9.23 Å². The molecule has 0 rings (SSSR count). The fourth-order valence-electron chi connectivity index (χ4n) is 2.28. The lowest BCUT2D eigenvalue weighted by molar-refractivity contribution is 0.144. The lowest BCUT2D eigenvalue weighted by Crippen LogP contribution is -2.17. The molecule has 0 aromatic heterocycles. The van der Waals surface area contributed by atoms with Crippen LogP contribution in [0.15, 0.2) is 0 Å². The van der Waals surface area contributed by atoms with Crippen molar-refractivity contribution < 1.29 is 4.74 Å². The van der Waals surface area contributed by atoms with Gasteiger partial charge in [-0.25, -0.2) is 0 Å². The van der Waals surface area contributed by atoms with Crippen LogP contribution in [0.2, 0.25) is 0 Å². The Balaban J connectivity index is 3.82. The highest BCUT2D eigenvalue weighted by Gasteiger charge is 2.17. The van der Waals surface area contributed by atoms with E-state index >= 15 is 0 Å². The Bertz CT molecular complexity index is 121. The molecule has 0 aromatic rings. The number of methoxy groups -OCH3 is 1. The number of ether oxygens (including phenoxy) is 1. The van der Waals surface area contributed by atoms with E-state index in [-0.39, 0.29) is 0 Å². The molecule has 0 saturated heterocycles. The largest absolute Gasteiger partial charge is 0.384 e. The van der Waals surface area contributed by atoms with Crippen LogP contribution in [0, 0.1) is 23.7 Å². The van der Waals surface area contributed by atoms with E-state index < -0.39 is 0 Å². The van der Waals surface area contributed by atoms with Gasteiger partial charge in [0.05, 0.1) is 0 Å². The molecule has 0 saturated carbocycles. The van der Waals surface area contributed by atoms with E-state index in [0.717, 1.165) is 24.4 Å². The molecule has 0 spiro atoms. The van der Waals surface area contributed by atoms with Crippen molar-refractivity contribution in [1.29, 1.82) is 0 Å². The molecule has 0 aliphatic carbocycles. The van der Waals surface area contributed by atoms with E-state index in [1.807, 2.05) is 0 Å². The minimum atomic E-state index is 0.708. The highest BCUT2D eigenvalue weighted by Crippen LogP contribution is 2.27. The van der Waals surface area contributed by atoms with Gasteiger partial charge in [0.15, 0.2) is 0 Å². The summed E-state index contributed by atoms with van der Waals surface area (Å²) in [4.78, 5) is 0. The first kappa shape index (κ1) is 14.0. The third kappa shape index (κ3) is 5.64. The van der Waals surface area contributed by atoms with Gasteiger partial charge in [0.25, 0.3) is 0 Å². The third-order valence-corrected chi connectivity index (χ3v) is 3.16. The van der Waals surface area contributed by atoms with Crippen molar-refractivity contribution in [3.05, 3.63) is 0 Å². The van der Waals surface area contributed by atoms with Crippen LogP contribution < -0.4 is 0 Å². The maximum absolute atomic E-state index is 5.16. The van der Waals surface area contributed by atoms with Crippen molar-refractivity contribution in [3.63, 3.8) is 0 Å². The first-order valence-electron chi connectivity index (χ1n) is 5.98. The van der Waals surface area contributed by atoms with Crippen LogP contribution in [0.25, 0.3) is 0 Å². The Morgan fingerprint density at radius 3 is 1.71 bits per heavy atom. The van der Waals surface area contributed by atoms with Crippen LogP contribution in [0.1, 0.15) is 47.5 Å². The van der Waals surface area contributed by atoms with Gasteiger partial charge in [-0.05, 0) is 36.5 Å². The van der Waals surface area contributed by atoms with Crippen LogP contribution >= 0.6 is 0 Å². The maximum atomic E-state index is 5.16. The van der Waals surface area contributed by atoms with Gasteiger partial charge in [-0.1, -0.05) is 34.6 Å². The first-order valence-corrected chi connectivity index (χ1v) is 5.98. The van der Waals surface area contributed by atoms with E-state index in [4.69, 9.17) is 4.74 Å². The van der Waals surface area contributed by atoms with Crippen molar-refractivity contribution in [1.82, 2.24) is 0 Å². The quantitative estimate of drug-likeness (QED) is 0.604.